The number of likely N-dealkylation sites (N-methyl/N-ethyl adjacent to an activating group) is 1. The lowest BCUT2D eigenvalue weighted by Crippen LogP contribution is -2.47. The Bertz CT molecular complexity index is 1060. The van der Waals surface area contributed by atoms with Crippen LogP contribution in [-0.4, -0.2) is 70.9 Å². The maximum absolute atomic E-state index is 12.7. The van der Waals surface area contributed by atoms with Crippen molar-refractivity contribution < 1.29 is 9.59 Å². The molecule has 0 unspecified atom stereocenters. The number of anilines is 3. The number of rotatable bonds is 6. The van der Waals surface area contributed by atoms with Gasteiger partial charge >= 0.3 is 0 Å². The topological polar surface area (TPSA) is 140 Å². The van der Waals surface area contributed by atoms with Gasteiger partial charge in [-0.2, -0.15) is 10.2 Å². The third kappa shape index (κ3) is 5.21. The minimum absolute atomic E-state index is 0.0244. The van der Waals surface area contributed by atoms with E-state index in [1.54, 1.807) is 24.3 Å². The first kappa shape index (κ1) is 22.5. The van der Waals surface area contributed by atoms with Crippen LogP contribution in [0.4, 0.5) is 17.5 Å². The van der Waals surface area contributed by atoms with Crippen LogP contribution in [0.3, 0.4) is 0 Å². The molecule has 33 heavy (non-hydrogen) atoms. The minimum Gasteiger partial charge on any atom is -0.369 e. The second kappa shape index (κ2) is 9.83. The molecule has 2 aliphatic rings. The number of benzene rings is 1. The summed E-state index contributed by atoms with van der Waals surface area (Å²) in [6.07, 6.45) is 3.85. The summed E-state index contributed by atoms with van der Waals surface area (Å²) >= 11 is 0. The number of piperazine rings is 1. The van der Waals surface area contributed by atoms with Crippen LogP contribution in [0.5, 0.6) is 0 Å². The van der Waals surface area contributed by atoms with Gasteiger partial charge in [0.25, 0.3) is 5.91 Å². The second-order valence-corrected chi connectivity index (χ2v) is 8.56. The van der Waals surface area contributed by atoms with E-state index in [2.05, 4.69) is 38.6 Å². The molecule has 0 spiro atoms. The molecule has 0 bridgehead atoms. The lowest BCUT2D eigenvalue weighted by Gasteiger charge is -2.32. The van der Waals surface area contributed by atoms with Crippen molar-refractivity contribution in [2.24, 2.45) is 11.7 Å². The van der Waals surface area contributed by atoms with Crippen LogP contribution in [-0.2, 0) is 4.79 Å². The predicted molar refractivity (Wildman–Crippen MR) is 124 cm³/mol. The zero-order chi connectivity index (χ0) is 23.4. The smallest absolute Gasteiger partial charge is 0.253 e. The fraction of sp³-hybridized carbons (Fsp3) is 0.435. The first-order valence-electron chi connectivity index (χ1n) is 11.1. The summed E-state index contributed by atoms with van der Waals surface area (Å²) in [5.74, 6) is 0.0741. The number of nitriles is 1. The lowest BCUT2D eigenvalue weighted by atomic mass is 10.0. The van der Waals surface area contributed by atoms with E-state index in [0.717, 1.165) is 51.1 Å². The summed E-state index contributed by atoms with van der Waals surface area (Å²) in [7, 11) is 2.05. The van der Waals surface area contributed by atoms with Crippen LogP contribution in [0.25, 0.3) is 0 Å². The minimum atomic E-state index is -0.345. The van der Waals surface area contributed by atoms with Crippen molar-refractivity contribution in [1.82, 2.24) is 19.8 Å². The molecule has 1 aliphatic carbocycles. The molecule has 0 radical (unpaired) electrons. The number of carbonyl (C=O) groups is 2. The van der Waals surface area contributed by atoms with Gasteiger partial charge in [-0.05, 0) is 44.2 Å². The van der Waals surface area contributed by atoms with Crippen molar-refractivity contribution in [2.75, 3.05) is 43.9 Å². The normalized spacial score (nSPS) is 20.8. The van der Waals surface area contributed by atoms with Gasteiger partial charge in [0.2, 0.25) is 11.9 Å². The number of hydrogen-bond donors (Lipinski definition) is 3. The molecule has 1 saturated heterocycles. The van der Waals surface area contributed by atoms with Gasteiger partial charge in [-0.15, -0.1) is 0 Å². The molecule has 1 aromatic carbocycles. The molecular formula is C23H28N8O2. The number of nitrogens with one attached hydrogen (secondary N) is 2. The standard InChI is InChI=1S/C23H28N8O2/c1-30-9-11-31(12-10-30)22(33)15-5-7-17(8-6-15)27-23-26-14-16(13-24)21(29-23)28-19-4-2-3-18(19)20(25)32/h5-8,14,18-19H,2-4,9-12H2,1H3,(H2,25,32)(H2,26,27,28,29)/t18-,19+/m0/s1. The molecule has 2 heterocycles. The Hall–Kier alpha value is -3.71. The lowest BCUT2D eigenvalue weighted by molar-refractivity contribution is -0.121. The number of hydrogen-bond acceptors (Lipinski definition) is 8. The molecule has 2 amide bonds. The van der Waals surface area contributed by atoms with Crippen molar-refractivity contribution in [3.8, 4) is 6.07 Å². The number of nitrogens with zero attached hydrogens (tertiary/aromatic N) is 5. The summed E-state index contributed by atoms with van der Waals surface area (Å²) in [5, 5.41) is 15.8. The zero-order valence-electron chi connectivity index (χ0n) is 18.6. The van der Waals surface area contributed by atoms with Crippen LogP contribution in [0.15, 0.2) is 30.5 Å². The van der Waals surface area contributed by atoms with Crippen molar-refractivity contribution in [3.05, 3.63) is 41.6 Å². The monoisotopic (exact) mass is 448 g/mol. The number of amides is 2. The van der Waals surface area contributed by atoms with Gasteiger partial charge < -0.3 is 26.2 Å². The van der Waals surface area contributed by atoms with Crippen LogP contribution >= 0.6 is 0 Å². The molecule has 4 rings (SSSR count). The molecule has 1 aliphatic heterocycles. The van der Waals surface area contributed by atoms with E-state index in [1.165, 1.54) is 6.20 Å². The molecule has 172 valence electrons. The molecule has 10 heteroatoms. The predicted octanol–water partition coefficient (Wildman–Crippen LogP) is 1.55. The Morgan fingerprint density at radius 1 is 1.15 bits per heavy atom. The number of carbonyl (C=O) groups excluding carboxylic acids is 2. The van der Waals surface area contributed by atoms with E-state index in [1.807, 2.05) is 4.90 Å². The van der Waals surface area contributed by atoms with E-state index in [4.69, 9.17) is 5.73 Å². The maximum Gasteiger partial charge on any atom is 0.253 e. The average molecular weight is 449 g/mol. The van der Waals surface area contributed by atoms with Gasteiger partial charge in [0.05, 0.1) is 12.1 Å². The van der Waals surface area contributed by atoms with Gasteiger partial charge in [-0.1, -0.05) is 6.42 Å². The highest BCUT2D eigenvalue weighted by Crippen LogP contribution is 2.29. The molecule has 4 N–H and O–H groups in total. The summed E-state index contributed by atoms with van der Waals surface area (Å²) in [5.41, 5.74) is 7.16. The maximum atomic E-state index is 12.7. The summed E-state index contributed by atoms with van der Waals surface area (Å²) < 4.78 is 0. The summed E-state index contributed by atoms with van der Waals surface area (Å²) in [6, 6.07) is 9.09. The molecular weight excluding hydrogens is 420 g/mol. The van der Waals surface area contributed by atoms with Gasteiger partial charge in [0.15, 0.2) is 0 Å². The first-order valence-corrected chi connectivity index (χ1v) is 11.1. The van der Waals surface area contributed by atoms with Crippen molar-refractivity contribution in [2.45, 2.75) is 25.3 Å². The summed E-state index contributed by atoms with van der Waals surface area (Å²) in [6.45, 7) is 3.20. The van der Waals surface area contributed by atoms with Crippen molar-refractivity contribution >= 4 is 29.3 Å². The molecule has 2 aromatic rings. The zero-order valence-corrected chi connectivity index (χ0v) is 18.6. The highest BCUT2D eigenvalue weighted by atomic mass is 16.2. The fourth-order valence-corrected chi connectivity index (χ4v) is 4.30. The Kier molecular flexibility index (Phi) is 6.70. The number of primary amides is 1. The van der Waals surface area contributed by atoms with Gasteiger partial charge in [-0.25, -0.2) is 4.98 Å². The first-order chi connectivity index (χ1) is 15.9. The van der Waals surface area contributed by atoms with Crippen LogP contribution in [0.2, 0.25) is 0 Å². The molecule has 2 fully saturated rings. The second-order valence-electron chi connectivity index (χ2n) is 8.56. The number of nitrogens with two attached hydrogens (primary N) is 1. The van der Waals surface area contributed by atoms with E-state index >= 15 is 0 Å². The quantitative estimate of drug-likeness (QED) is 0.605. The SMILES string of the molecule is CN1CCN(C(=O)c2ccc(Nc3ncc(C#N)c(N[C@@H]4CCC[C@@H]4C(N)=O)n3)cc2)CC1. The van der Waals surface area contributed by atoms with E-state index < -0.39 is 0 Å². The molecule has 1 saturated carbocycles. The van der Waals surface area contributed by atoms with E-state index in [-0.39, 0.29) is 23.8 Å². The van der Waals surface area contributed by atoms with E-state index in [0.29, 0.717) is 22.9 Å². The summed E-state index contributed by atoms with van der Waals surface area (Å²) in [4.78, 5) is 37.2. The Morgan fingerprint density at radius 2 is 1.88 bits per heavy atom. The fourth-order valence-electron chi connectivity index (χ4n) is 4.30. The van der Waals surface area contributed by atoms with Crippen molar-refractivity contribution in [3.63, 3.8) is 0 Å². The van der Waals surface area contributed by atoms with Gasteiger partial charge in [0.1, 0.15) is 17.5 Å². The molecule has 2 atom stereocenters. The average Bonchev–Trinajstić information content (AvgIpc) is 3.28. The molecule has 1 aromatic heterocycles. The van der Waals surface area contributed by atoms with Crippen LogP contribution in [0, 0.1) is 17.2 Å². The number of aromatic nitrogens is 2. The Balaban J connectivity index is 1.44. The third-order valence-electron chi connectivity index (χ3n) is 6.29. The third-order valence-corrected chi connectivity index (χ3v) is 6.29. The molecule has 10 nitrogen and oxygen atoms in total. The van der Waals surface area contributed by atoms with E-state index in [9.17, 15) is 14.9 Å². The highest BCUT2D eigenvalue weighted by Gasteiger charge is 2.32. The van der Waals surface area contributed by atoms with Crippen LogP contribution in [0.1, 0.15) is 35.2 Å². The van der Waals surface area contributed by atoms with Crippen LogP contribution < -0.4 is 16.4 Å². The Labute approximate surface area is 192 Å². The van der Waals surface area contributed by atoms with Gasteiger partial charge in [-0.3, -0.25) is 9.59 Å². The van der Waals surface area contributed by atoms with Gasteiger partial charge in [0, 0.05) is 43.5 Å². The van der Waals surface area contributed by atoms with Crippen molar-refractivity contribution in [1.29, 1.82) is 5.26 Å². The largest absolute Gasteiger partial charge is 0.369 e. The Morgan fingerprint density at radius 3 is 2.55 bits per heavy atom. The highest BCUT2D eigenvalue weighted by molar-refractivity contribution is 5.94.